The monoisotopic (exact) mass is 344 g/mol. The molecule has 2 heterocycles. The fourth-order valence-corrected chi connectivity index (χ4v) is 3.34. The van der Waals surface area contributed by atoms with E-state index in [4.69, 9.17) is 16.2 Å². The number of hydrogen-bond acceptors (Lipinski definition) is 6. The number of aromatic nitrogens is 3. The molecule has 8 nitrogen and oxygen atoms in total. The molecule has 0 aliphatic heterocycles. The summed E-state index contributed by atoms with van der Waals surface area (Å²) in [6.45, 7) is 2.72. The molecule has 0 fully saturated rings. The number of amides is 1. The van der Waals surface area contributed by atoms with E-state index in [1.54, 1.807) is 11.6 Å². The minimum absolute atomic E-state index is 0.272. The molecule has 108 valence electrons. The summed E-state index contributed by atoms with van der Waals surface area (Å²) in [5.74, 6) is 1.07. The summed E-state index contributed by atoms with van der Waals surface area (Å²) < 4.78 is 7.80. The van der Waals surface area contributed by atoms with Gasteiger partial charge in [-0.2, -0.15) is 0 Å². The van der Waals surface area contributed by atoms with Gasteiger partial charge in [0.25, 0.3) is 0 Å². The molecule has 20 heavy (non-hydrogen) atoms. The summed E-state index contributed by atoms with van der Waals surface area (Å²) in [6, 6.07) is 0. The van der Waals surface area contributed by atoms with Crippen molar-refractivity contribution < 1.29 is 9.53 Å². The van der Waals surface area contributed by atoms with Crippen molar-refractivity contribution in [1.29, 1.82) is 0 Å². The second kappa shape index (κ2) is 6.08. The normalized spacial score (nSPS) is 10.9. The molecule has 0 spiro atoms. The Bertz CT molecular complexity index is 641. The quantitative estimate of drug-likeness (QED) is 0.606. The number of nitrogen functional groups attached to an aromatic ring is 1. The van der Waals surface area contributed by atoms with Crippen molar-refractivity contribution in [3.05, 3.63) is 6.33 Å². The number of nitrogens with zero attached hydrogens (tertiary/aromatic N) is 3. The second-order valence-electron chi connectivity index (χ2n) is 3.86. The molecule has 0 aromatic carbocycles. The van der Waals surface area contributed by atoms with Crippen molar-refractivity contribution in [3.63, 3.8) is 0 Å². The van der Waals surface area contributed by atoms with Crippen LogP contribution >= 0.6 is 0 Å². The van der Waals surface area contributed by atoms with Gasteiger partial charge >= 0.3 is 121 Å². The van der Waals surface area contributed by atoms with Gasteiger partial charge in [-0.1, -0.05) is 0 Å². The van der Waals surface area contributed by atoms with Gasteiger partial charge < -0.3 is 0 Å². The van der Waals surface area contributed by atoms with Crippen molar-refractivity contribution in [2.75, 3.05) is 24.7 Å². The van der Waals surface area contributed by atoms with E-state index < -0.39 is 19.8 Å². The van der Waals surface area contributed by atoms with Crippen LogP contribution in [0.2, 0.25) is 0 Å². The van der Waals surface area contributed by atoms with Crippen molar-refractivity contribution >= 4 is 46.9 Å². The van der Waals surface area contributed by atoms with Gasteiger partial charge in [-0.3, -0.25) is 0 Å². The van der Waals surface area contributed by atoms with Crippen LogP contribution in [-0.4, -0.2) is 48.0 Å². The van der Waals surface area contributed by atoms with E-state index in [1.165, 1.54) is 6.33 Å². The molecule has 0 unspecified atom stereocenters. The topological polar surface area (TPSA) is 121 Å². The van der Waals surface area contributed by atoms with E-state index in [2.05, 4.69) is 15.3 Å². The molecule has 0 aliphatic rings. The third kappa shape index (κ3) is 2.55. The Kier molecular flexibility index (Phi) is 4.43. The number of rotatable bonds is 6. The van der Waals surface area contributed by atoms with Gasteiger partial charge in [0.2, 0.25) is 0 Å². The Morgan fingerprint density at radius 1 is 1.55 bits per heavy atom. The molecule has 0 atom stereocenters. The van der Waals surface area contributed by atoms with Crippen molar-refractivity contribution in [1.82, 2.24) is 14.5 Å². The van der Waals surface area contributed by atoms with Crippen molar-refractivity contribution in [2.24, 2.45) is 5.73 Å². The molecule has 0 bridgehead atoms. The summed E-state index contributed by atoms with van der Waals surface area (Å²) >= 11 is -0.587. The first-order chi connectivity index (χ1) is 9.60. The number of anilines is 2. The van der Waals surface area contributed by atoms with Gasteiger partial charge in [-0.25, -0.2) is 0 Å². The molecular formula is C11H16N6O2Se. The van der Waals surface area contributed by atoms with Crippen LogP contribution in [0, 0.1) is 0 Å². The molecule has 0 saturated heterocycles. The Balaban J connectivity index is 2.68. The van der Waals surface area contributed by atoms with Crippen LogP contribution in [-0.2, 0) is 11.5 Å². The SMILES string of the molecule is CCOCn1c(N)c([Se]C(N)=O)c2c(NC)ncnc21. The zero-order chi connectivity index (χ0) is 14.7. The average molecular weight is 343 g/mol. The van der Waals surface area contributed by atoms with E-state index in [9.17, 15) is 4.79 Å². The van der Waals surface area contributed by atoms with Crippen LogP contribution in [0.25, 0.3) is 11.0 Å². The third-order valence-electron chi connectivity index (χ3n) is 2.70. The molecular weight excluding hydrogens is 327 g/mol. The number of carbonyl (C=O) groups is 1. The first-order valence-electron chi connectivity index (χ1n) is 5.95. The number of ether oxygens (including phenoxy) is 1. The molecule has 0 radical (unpaired) electrons. The molecule has 2 aromatic heterocycles. The first kappa shape index (κ1) is 14.6. The van der Waals surface area contributed by atoms with Crippen molar-refractivity contribution in [2.45, 2.75) is 13.7 Å². The Hall–Kier alpha value is -1.83. The summed E-state index contributed by atoms with van der Waals surface area (Å²) in [4.78, 5) is 19.3. The number of hydrogen-bond donors (Lipinski definition) is 3. The Labute approximate surface area is 122 Å². The van der Waals surface area contributed by atoms with Gasteiger partial charge in [0.1, 0.15) is 0 Å². The van der Waals surface area contributed by atoms with E-state index >= 15 is 0 Å². The van der Waals surface area contributed by atoms with Crippen LogP contribution in [0.5, 0.6) is 0 Å². The van der Waals surface area contributed by atoms with Crippen LogP contribution < -0.4 is 21.2 Å². The Morgan fingerprint density at radius 3 is 2.90 bits per heavy atom. The van der Waals surface area contributed by atoms with E-state index in [0.29, 0.717) is 28.4 Å². The second-order valence-corrected chi connectivity index (χ2v) is 5.99. The number of nitrogens with one attached hydrogen (secondary N) is 1. The maximum absolute atomic E-state index is 11.3. The van der Waals surface area contributed by atoms with Crippen LogP contribution in [0.1, 0.15) is 6.92 Å². The van der Waals surface area contributed by atoms with Gasteiger partial charge in [0.05, 0.1) is 0 Å². The fraction of sp³-hybridized carbons (Fsp3) is 0.364. The first-order valence-corrected chi connectivity index (χ1v) is 7.66. The molecule has 1 amide bonds. The van der Waals surface area contributed by atoms with Gasteiger partial charge in [0.15, 0.2) is 0 Å². The fourth-order valence-electron chi connectivity index (χ4n) is 1.86. The van der Waals surface area contributed by atoms with Crippen LogP contribution in [0.15, 0.2) is 6.33 Å². The van der Waals surface area contributed by atoms with E-state index in [1.807, 2.05) is 6.92 Å². The molecule has 0 saturated carbocycles. The third-order valence-corrected chi connectivity index (χ3v) is 4.41. The Morgan fingerprint density at radius 2 is 2.30 bits per heavy atom. The molecule has 2 aromatic rings. The van der Waals surface area contributed by atoms with Crippen LogP contribution in [0.3, 0.4) is 0 Å². The molecule has 9 heteroatoms. The summed E-state index contributed by atoms with van der Waals surface area (Å²) in [6.07, 6.45) is 1.44. The maximum atomic E-state index is 11.3. The molecule has 2 rings (SSSR count). The predicted octanol–water partition coefficient (Wildman–Crippen LogP) is -0.543. The van der Waals surface area contributed by atoms with Crippen molar-refractivity contribution in [3.8, 4) is 0 Å². The standard InChI is InChI=1S/C11H16N6O2Se/c1-3-19-5-17-8(12)7(20-11(13)18)6-9(14-2)15-4-16-10(6)17/h4H,3,5,12H2,1-2H3,(H2,13,18)(H,14,15,16). The zero-order valence-corrected chi connectivity index (χ0v) is 12.9. The van der Waals surface area contributed by atoms with Gasteiger partial charge in [0, 0.05) is 0 Å². The summed E-state index contributed by atoms with van der Waals surface area (Å²) in [5, 5.41) is 3.71. The predicted molar refractivity (Wildman–Crippen MR) is 78.1 cm³/mol. The number of carbonyl (C=O) groups excluding carboxylic acids is 1. The molecule has 0 aliphatic carbocycles. The van der Waals surface area contributed by atoms with E-state index in [0.717, 1.165) is 5.39 Å². The zero-order valence-electron chi connectivity index (χ0n) is 11.2. The number of fused-ring (bicyclic) bond motifs is 1. The van der Waals surface area contributed by atoms with Crippen LogP contribution in [0.4, 0.5) is 16.4 Å². The average Bonchev–Trinajstić information content (AvgIpc) is 2.69. The molecule has 5 N–H and O–H groups in total. The number of primary amides is 1. The number of nitrogens with two attached hydrogens (primary N) is 2. The minimum atomic E-state index is -0.587. The summed E-state index contributed by atoms with van der Waals surface area (Å²) in [7, 11) is 1.75. The summed E-state index contributed by atoms with van der Waals surface area (Å²) in [5.41, 5.74) is 12.1. The van der Waals surface area contributed by atoms with Gasteiger partial charge in [-0.05, 0) is 0 Å². The van der Waals surface area contributed by atoms with E-state index in [-0.39, 0.29) is 6.73 Å². The van der Waals surface area contributed by atoms with Gasteiger partial charge in [-0.15, -0.1) is 0 Å².